The van der Waals surface area contributed by atoms with Crippen LogP contribution in [0.4, 0.5) is 8.78 Å². The Bertz CT molecular complexity index is 730. The number of halogens is 2. The fourth-order valence-corrected chi connectivity index (χ4v) is 6.72. The summed E-state index contributed by atoms with van der Waals surface area (Å²) < 4.78 is 36.4. The summed E-state index contributed by atoms with van der Waals surface area (Å²) in [6, 6.07) is 2.07. The quantitative estimate of drug-likeness (QED) is 0.377. The van der Waals surface area contributed by atoms with Gasteiger partial charge in [0.05, 0.1) is 6.10 Å². The minimum atomic E-state index is -0.531. The third-order valence-corrected chi connectivity index (χ3v) is 8.52. The van der Waals surface area contributed by atoms with E-state index in [1.807, 2.05) is 0 Å². The van der Waals surface area contributed by atoms with Crippen LogP contribution in [0, 0.1) is 29.4 Å². The lowest BCUT2D eigenvalue weighted by atomic mass is 9.65. The predicted octanol–water partition coefficient (Wildman–Crippen LogP) is 8.13. The summed E-state index contributed by atoms with van der Waals surface area (Å²) in [5.74, 6) is 1.03. The van der Waals surface area contributed by atoms with E-state index in [0.29, 0.717) is 35.0 Å². The van der Waals surface area contributed by atoms with Crippen LogP contribution < -0.4 is 0 Å². The summed E-state index contributed by atoms with van der Waals surface area (Å²) in [4.78, 5) is 0. The second-order valence-electron chi connectivity index (χ2n) is 10.7. The van der Waals surface area contributed by atoms with Gasteiger partial charge in [-0.3, -0.25) is 0 Å². The monoisotopic (exact) mass is 432 g/mol. The number of fused-ring (bicyclic) bond motifs is 2. The molecule has 3 aliphatic carbocycles. The first-order valence-electron chi connectivity index (χ1n) is 13.2. The van der Waals surface area contributed by atoms with E-state index in [1.54, 1.807) is 0 Å². The molecule has 0 aromatic heterocycles. The maximum atomic E-state index is 15.2. The van der Waals surface area contributed by atoms with Crippen molar-refractivity contribution < 1.29 is 13.5 Å². The van der Waals surface area contributed by atoms with Gasteiger partial charge in [0.2, 0.25) is 0 Å². The molecule has 0 radical (unpaired) electrons. The number of unbranched alkanes of at least 4 members (excludes halogenated alkanes) is 2. The smallest absolute Gasteiger partial charge is 0.162 e. The molecule has 1 aromatic carbocycles. The standard InChI is InChI=1S/C28H42F2O/c1-3-5-6-7-19-8-9-23-18-26(28(30)27(29)25(23)15-19)22-11-10-21-17-24(31-14-4-2)13-12-20(21)16-22/h18-22,24H,3-17H2,1-2H3. The van der Waals surface area contributed by atoms with Gasteiger partial charge in [-0.05, 0) is 105 Å². The van der Waals surface area contributed by atoms with Gasteiger partial charge >= 0.3 is 0 Å². The molecule has 3 aliphatic rings. The maximum absolute atomic E-state index is 15.2. The van der Waals surface area contributed by atoms with Crippen molar-refractivity contribution in [2.45, 2.75) is 116 Å². The molecule has 0 N–H and O–H groups in total. The van der Waals surface area contributed by atoms with Crippen molar-refractivity contribution in [3.8, 4) is 0 Å². The first-order chi connectivity index (χ1) is 15.1. The molecule has 0 spiro atoms. The topological polar surface area (TPSA) is 9.23 Å². The Morgan fingerprint density at radius 3 is 2.52 bits per heavy atom. The van der Waals surface area contributed by atoms with Gasteiger partial charge in [-0.1, -0.05) is 45.6 Å². The van der Waals surface area contributed by atoms with Gasteiger partial charge in [0.25, 0.3) is 0 Å². The highest BCUT2D eigenvalue weighted by atomic mass is 19.2. The second-order valence-corrected chi connectivity index (χ2v) is 10.7. The first-order valence-corrected chi connectivity index (χ1v) is 13.2. The van der Waals surface area contributed by atoms with E-state index in [0.717, 1.165) is 76.4 Å². The Morgan fingerprint density at radius 2 is 1.71 bits per heavy atom. The van der Waals surface area contributed by atoms with E-state index in [9.17, 15) is 0 Å². The fraction of sp³-hybridized carbons (Fsp3) is 0.786. The minimum absolute atomic E-state index is 0.191. The van der Waals surface area contributed by atoms with Gasteiger partial charge in [-0.2, -0.15) is 0 Å². The van der Waals surface area contributed by atoms with Crippen molar-refractivity contribution >= 4 is 0 Å². The lowest BCUT2D eigenvalue weighted by Gasteiger charge is -2.42. The number of benzene rings is 1. The molecule has 1 nitrogen and oxygen atoms in total. The first kappa shape index (κ1) is 23.2. The van der Waals surface area contributed by atoms with Crippen molar-refractivity contribution in [2.75, 3.05) is 6.61 Å². The Labute approximate surface area is 188 Å². The van der Waals surface area contributed by atoms with Crippen LogP contribution in [0.15, 0.2) is 6.07 Å². The van der Waals surface area contributed by atoms with Crippen molar-refractivity contribution in [3.63, 3.8) is 0 Å². The summed E-state index contributed by atoms with van der Waals surface area (Å²) in [5, 5.41) is 0. The van der Waals surface area contributed by atoms with E-state index in [-0.39, 0.29) is 5.92 Å². The van der Waals surface area contributed by atoms with Crippen molar-refractivity contribution in [2.24, 2.45) is 17.8 Å². The third kappa shape index (κ3) is 5.34. The van der Waals surface area contributed by atoms with E-state index in [4.69, 9.17) is 4.74 Å². The van der Waals surface area contributed by atoms with Crippen LogP contribution in [-0.2, 0) is 17.6 Å². The van der Waals surface area contributed by atoms with Gasteiger partial charge in [0.15, 0.2) is 11.6 Å². The maximum Gasteiger partial charge on any atom is 0.162 e. The molecular weight excluding hydrogens is 390 g/mol. The van der Waals surface area contributed by atoms with Crippen molar-refractivity contribution in [3.05, 3.63) is 34.4 Å². The SMILES string of the molecule is CCCCCC1CCc2cc(C3CCC4CC(OCCC)CCC4C3)c(F)c(F)c2C1. The van der Waals surface area contributed by atoms with Gasteiger partial charge < -0.3 is 4.74 Å². The largest absolute Gasteiger partial charge is 0.378 e. The van der Waals surface area contributed by atoms with Gasteiger partial charge in [-0.25, -0.2) is 8.78 Å². The van der Waals surface area contributed by atoms with Gasteiger partial charge in [-0.15, -0.1) is 0 Å². The van der Waals surface area contributed by atoms with Gasteiger partial charge in [0, 0.05) is 6.61 Å². The van der Waals surface area contributed by atoms with E-state index in [2.05, 4.69) is 19.9 Å². The zero-order valence-corrected chi connectivity index (χ0v) is 19.7. The van der Waals surface area contributed by atoms with Gasteiger partial charge in [0.1, 0.15) is 0 Å². The van der Waals surface area contributed by atoms with Crippen molar-refractivity contribution in [1.29, 1.82) is 0 Å². The van der Waals surface area contributed by atoms with Crippen molar-refractivity contribution in [1.82, 2.24) is 0 Å². The minimum Gasteiger partial charge on any atom is -0.378 e. The van der Waals surface area contributed by atoms with Crippen LogP contribution in [0.25, 0.3) is 0 Å². The molecule has 0 heterocycles. The second kappa shape index (κ2) is 10.8. The average molecular weight is 433 g/mol. The predicted molar refractivity (Wildman–Crippen MR) is 123 cm³/mol. The molecule has 2 saturated carbocycles. The Morgan fingerprint density at radius 1 is 0.903 bits per heavy atom. The van der Waals surface area contributed by atoms with Crippen LogP contribution in [0.3, 0.4) is 0 Å². The highest BCUT2D eigenvalue weighted by Crippen LogP contribution is 2.48. The highest BCUT2D eigenvalue weighted by Gasteiger charge is 2.38. The molecule has 4 rings (SSSR count). The molecule has 0 aliphatic heterocycles. The summed E-state index contributed by atoms with van der Waals surface area (Å²) in [7, 11) is 0. The summed E-state index contributed by atoms with van der Waals surface area (Å²) in [6.45, 7) is 5.24. The molecule has 31 heavy (non-hydrogen) atoms. The molecule has 1 aromatic rings. The zero-order valence-electron chi connectivity index (χ0n) is 19.7. The van der Waals surface area contributed by atoms with E-state index in [1.165, 1.54) is 25.7 Å². The van der Waals surface area contributed by atoms with Crippen LogP contribution in [0.2, 0.25) is 0 Å². The van der Waals surface area contributed by atoms with Crippen LogP contribution >= 0.6 is 0 Å². The van der Waals surface area contributed by atoms with E-state index >= 15 is 8.78 Å². The summed E-state index contributed by atoms with van der Waals surface area (Å²) in [6.07, 6.45) is 15.8. The number of hydrogen-bond acceptors (Lipinski definition) is 1. The number of ether oxygens (including phenoxy) is 1. The zero-order chi connectivity index (χ0) is 21.8. The number of rotatable bonds is 8. The van der Waals surface area contributed by atoms with Crippen LogP contribution in [0.1, 0.15) is 114 Å². The molecular formula is C28H42F2O. The fourth-order valence-electron chi connectivity index (χ4n) is 6.72. The Balaban J connectivity index is 1.42. The molecule has 0 amide bonds. The molecule has 3 heteroatoms. The molecule has 174 valence electrons. The highest BCUT2D eigenvalue weighted by molar-refractivity contribution is 5.38. The normalized spacial score (nSPS) is 30.6. The molecule has 2 fully saturated rings. The summed E-state index contributed by atoms with van der Waals surface area (Å²) >= 11 is 0. The summed E-state index contributed by atoms with van der Waals surface area (Å²) in [5.41, 5.74) is 2.47. The molecule has 5 unspecified atom stereocenters. The van der Waals surface area contributed by atoms with Crippen LogP contribution in [0.5, 0.6) is 0 Å². The number of aryl methyl sites for hydroxylation is 1. The lowest BCUT2D eigenvalue weighted by Crippen LogP contribution is -2.34. The van der Waals surface area contributed by atoms with E-state index < -0.39 is 11.6 Å². The Hall–Kier alpha value is -0.960. The lowest BCUT2D eigenvalue weighted by molar-refractivity contribution is -0.0149. The third-order valence-electron chi connectivity index (χ3n) is 8.52. The molecule has 0 saturated heterocycles. The average Bonchev–Trinajstić information content (AvgIpc) is 2.80. The molecule has 5 atom stereocenters. The van der Waals surface area contributed by atoms with Crippen LogP contribution in [-0.4, -0.2) is 12.7 Å². The Kier molecular flexibility index (Phi) is 8.06. The molecule has 0 bridgehead atoms. The number of hydrogen-bond donors (Lipinski definition) is 0.